The zero-order chi connectivity index (χ0) is 19.8. The average Bonchev–Trinajstić information content (AvgIpc) is 2.65. The molecule has 0 fully saturated rings. The summed E-state index contributed by atoms with van der Waals surface area (Å²) in [4.78, 5) is 25.7. The van der Waals surface area contributed by atoms with Crippen molar-refractivity contribution in [2.24, 2.45) is 0 Å². The van der Waals surface area contributed by atoms with Crippen LogP contribution in [0.25, 0.3) is 11.1 Å². The van der Waals surface area contributed by atoms with Crippen molar-refractivity contribution in [3.05, 3.63) is 53.6 Å². The van der Waals surface area contributed by atoms with Gasteiger partial charge in [0.15, 0.2) is 6.61 Å². The summed E-state index contributed by atoms with van der Waals surface area (Å²) in [7, 11) is 0. The van der Waals surface area contributed by atoms with Crippen LogP contribution in [0.3, 0.4) is 0 Å². The number of rotatable bonds is 8. The fourth-order valence-corrected chi connectivity index (χ4v) is 2.81. The van der Waals surface area contributed by atoms with E-state index in [1.165, 1.54) is 4.90 Å². The molecule has 2 aromatic rings. The number of nitrogens with one attached hydrogen (secondary N) is 1. The van der Waals surface area contributed by atoms with Gasteiger partial charge in [-0.3, -0.25) is 9.59 Å². The average molecular weight is 389 g/mol. The van der Waals surface area contributed by atoms with Gasteiger partial charge in [-0.25, -0.2) is 0 Å². The molecule has 0 atom stereocenters. The normalized spacial score (nSPS) is 10.6. The number of amides is 2. The Labute approximate surface area is 165 Å². The number of carbonyl (C=O) groups is 2. The molecule has 0 aliphatic heterocycles. The van der Waals surface area contributed by atoms with Gasteiger partial charge in [0.25, 0.3) is 5.91 Å². The summed E-state index contributed by atoms with van der Waals surface area (Å²) >= 11 is 6.30. The lowest BCUT2D eigenvalue weighted by molar-refractivity contribution is -0.137. The van der Waals surface area contributed by atoms with E-state index in [4.69, 9.17) is 16.3 Å². The topological polar surface area (TPSA) is 58.6 Å². The molecule has 0 radical (unpaired) electrons. The van der Waals surface area contributed by atoms with E-state index in [1.54, 1.807) is 6.07 Å². The predicted molar refractivity (Wildman–Crippen MR) is 108 cm³/mol. The maximum absolute atomic E-state index is 12.3. The van der Waals surface area contributed by atoms with Gasteiger partial charge in [0.2, 0.25) is 5.91 Å². The third kappa shape index (κ3) is 6.29. The number of halogens is 1. The van der Waals surface area contributed by atoms with Gasteiger partial charge in [0.05, 0.1) is 11.6 Å². The summed E-state index contributed by atoms with van der Waals surface area (Å²) in [6.07, 6.45) is 0. The quantitative estimate of drug-likeness (QED) is 0.749. The van der Waals surface area contributed by atoms with Gasteiger partial charge in [-0.05, 0) is 44.0 Å². The molecular weight excluding hydrogens is 364 g/mol. The van der Waals surface area contributed by atoms with E-state index in [2.05, 4.69) is 5.32 Å². The molecule has 1 N–H and O–H groups in total. The van der Waals surface area contributed by atoms with Crippen LogP contribution in [0.2, 0.25) is 5.02 Å². The Morgan fingerprint density at radius 3 is 2.41 bits per heavy atom. The lowest BCUT2D eigenvalue weighted by atomic mass is 10.1. The summed E-state index contributed by atoms with van der Waals surface area (Å²) in [5.41, 5.74) is 2.02. The minimum Gasteiger partial charge on any atom is -0.482 e. The van der Waals surface area contributed by atoms with Crippen LogP contribution < -0.4 is 10.1 Å². The van der Waals surface area contributed by atoms with Gasteiger partial charge in [-0.2, -0.15) is 0 Å². The molecular formula is C21H25ClN2O3. The number of nitrogens with zero attached hydrogens (tertiary/aromatic N) is 1. The first-order valence-electron chi connectivity index (χ1n) is 8.95. The van der Waals surface area contributed by atoms with E-state index < -0.39 is 0 Å². The second-order valence-corrected chi connectivity index (χ2v) is 6.84. The molecule has 0 aliphatic rings. The van der Waals surface area contributed by atoms with Gasteiger partial charge in [0, 0.05) is 12.6 Å². The standard InChI is InChI=1S/C21H25ClN2O3/c1-4-24(13-20(25)23-15(2)3)21(26)14-27-19-11-10-17(12-18(19)22)16-8-6-5-7-9-16/h5-12,15H,4,13-14H2,1-3H3,(H,23,25). The SMILES string of the molecule is CCN(CC(=O)NC(C)C)C(=O)COc1ccc(-c2ccccc2)cc1Cl. The first-order chi connectivity index (χ1) is 12.9. The van der Waals surface area contributed by atoms with E-state index in [0.717, 1.165) is 11.1 Å². The van der Waals surface area contributed by atoms with Crippen LogP contribution >= 0.6 is 11.6 Å². The Bertz CT molecular complexity index is 778. The van der Waals surface area contributed by atoms with E-state index >= 15 is 0 Å². The van der Waals surface area contributed by atoms with Crippen LogP contribution in [-0.4, -0.2) is 42.5 Å². The first-order valence-corrected chi connectivity index (χ1v) is 9.33. The van der Waals surface area contributed by atoms with Crippen LogP contribution in [0, 0.1) is 0 Å². The van der Waals surface area contributed by atoms with Crippen molar-refractivity contribution in [1.82, 2.24) is 10.2 Å². The second kappa shape index (κ2) is 9.97. The Balaban J connectivity index is 1.96. The van der Waals surface area contributed by atoms with Crippen molar-refractivity contribution in [2.75, 3.05) is 19.7 Å². The second-order valence-electron chi connectivity index (χ2n) is 6.43. The highest BCUT2D eigenvalue weighted by Gasteiger charge is 2.17. The monoisotopic (exact) mass is 388 g/mol. The largest absolute Gasteiger partial charge is 0.482 e. The maximum Gasteiger partial charge on any atom is 0.260 e. The van der Waals surface area contributed by atoms with Gasteiger partial charge >= 0.3 is 0 Å². The number of likely N-dealkylation sites (N-methyl/N-ethyl adjacent to an activating group) is 1. The van der Waals surface area contributed by atoms with E-state index in [-0.39, 0.29) is 31.0 Å². The molecule has 144 valence electrons. The van der Waals surface area contributed by atoms with Crippen molar-refractivity contribution in [3.63, 3.8) is 0 Å². The molecule has 27 heavy (non-hydrogen) atoms. The number of carbonyl (C=O) groups excluding carboxylic acids is 2. The van der Waals surface area contributed by atoms with Crippen LogP contribution in [0.1, 0.15) is 20.8 Å². The van der Waals surface area contributed by atoms with E-state index in [9.17, 15) is 9.59 Å². The Morgan fingerprint density at radius 1 is 1.11 bits per heavy atom. The third-order valence-corrected chi connectivity index (χ3v) is 4.20. The zero-order valence-corrected chi connectivity index (χ0v) is 16.6. The Hall–Kier alpha value is -2.53. The highest BCUT2D eigenvalue weighted by Crippen LogP contribution is 2.30. The molecule has 0 heterocycles. The van der Waals surface area contributed by atoms with Crippen molar-refractivity contribution in [2.45, 2.75) is 26.8 Å². The van der Waals surface area contributed by atoms with Gasteiger partial charge in [-0.1, -0.05) is 48.0 Å². The van der Waals surface area contributed by atoms with Crippen molar-refractivity contribution in [3.8, 4) is 16.9 Å². The third-order valence-electron chi connectivity index (χ3n) is 3.91. The molecule has 0 saturated heterocycles. The lowest BCUT2D eigenvalue weighted by Crippen LogP contribution is -2.44. The Morgan fingerprint density at radius 2 is 1.81 bits per heavy atom. The van der Waals surface area contributed by atoms with Gasteiger partial charge in [-0.15, -0.1) is 0 Å². The first kappa shape index (κ1) is 20.8. The molecule has 0 aliphatic carbocycles. The highest BCUT2D eigenvalue weighted by atomic mass is 35.5. The van der Waals surface area contributed by atoms with Crippen LogP contribution in [0.5, 0.6) is 5.75 Å². The predicted octanol–water partition coefficient (Wildman–Crippen LogP) is 3.76. The fraction of sp³-hybridized carbons (Fsp3) is 0.333. The number of benzene rings is 2. The molecule has 0 unspecified atom stereocenters. The summed E-state index contributed by atoms with van der Waals surface area (Å²) in [6.45, 7) is 5.84. The molecule has 0 spiro atoms. The minimum atomic E-state index is -0.264. The zero-order valence-electron chi connectivity index (χ0n) is 15.9. The highest BCUT2D eigenvalue weighted by molar-refractivity contribution is 6.32. The van der Waals surface area contributed by atoms with E-state index in [1.807, 2.05) is 63.2 Å². The summed E-state index contributed by atoms with van der Waals surface area (Å²) in [5.74, 6) is -0.0163. The minimum absolute atomic E-state index is 0.0115. The number of hydrogen-bond acceptors (Lipinski definition) is 3. The maximum atomic E-state index is 12.3. The Kier molecular flexibility index (Phi) is 7.67. The van der Waals surface area contributed by atoms with Crippen molar-refractivity contribution < 1.29 is 14.3 Å². The molecule has 0 aromatic heterocycles. The van der Waals surface area contributed by atoms with E-state index in [0.29, 0.717) is 17.3 Å². The van der Waals surface area contributed by atoms with Crippen LogP contribution in [0.4, 0.5) is 0 Å². The smallest absolute Gasteiger partial charge is 0.260 e. The van der Waals surface area contributed by atoms with Crippen molar-refractivity contribution >= 4 is 23.4 Å². The van der Waals surface area contributed by atoms with Crippen molar-refractivity contribution in [1.29, 1.82) is 0 Å². The number of hydrogen-bond donors (Lipinski definition) is 1. The molecule has 2 rings (SSSR count). The molecule has 2 amide bonds. The lowest BCUT2D eigenvalue weighted by Gasteiger charge is -2.21. The fourth-order valence-electron chi connectivity index (χ4n) is 2.58. The molecule has 0 bridgehead atoms. The van der Waals surface area contributed by atoms with Gasteiger partial charge in [0.1, 0.15) is 5.75 Å². The van der Waals surface area contributed by atoms with Gasteiger partial charge < -0.3 is 15.0 Å². The van der Waals surface area contributed by atoms with Crippen LogP contribution in [-0.2, 0) is 9.59 Å². The molecule has 5 nitrogen and oxygen atoms in total. The summed E-state index contributed by atoms with van der Waals surface area (Å²) in [6, 6.07) is 15.4. The number of ether oxygens (including phenoxy) is 1. The van der Waals surface area contributed by atoms with Crippen LogP contribution in [0.15, 0.2) is 48.5 Å². The molecule has 6 heteroatoms. The molecule has 2 aromatic carbocycles. The summed E-state index contributed by atoms with van der Waals surface area (Å²) in [5, 5.41) is 3.21. The molecule has 0 saturated carbocycles. The summed E-state index contributed by atoms with van der Waals surface area (Å²) < 4.78 is 5.58.